The Morgan fingerprint density at radius 1 is 1.17 bits per heavy atom. The molecule has 2 saturated heterocycles. The zero-order chi connectivity index (χ0) is 20.1. The summed E-state index contributed by atoms with van der Waals surface area (Å²) in [6, 6.07) is 10.2. The minimum Gasteiger partial charge on any atom is -0.385 e. The lowest BCUT2D eigenvalue weighted by atomic mass is 10.00. The van der Waals surface area contributed by atoms with Crippen molar-refractivity contribution in [1.82, 2.24) is 4.98 Å². The third-order valence-corrected chi connectivity index (χ3v) is 5.97. The predicted molar refractivity (Wildman–Crippen MR) is 114 cm³/mol. The largest absolute Gasteiger partial charge is 0.385 e. The van der Waals surface area contributed by atoms with E-state index >= 15 is 0 Å². The molecular formula is C23H27ClN2O3. The highest BCUT2D eigenvalue weighted by Gasteiger charge is 2.24. The molecule has 6 heteroatoms. The van der Waals surface area contributed by atoms with Crippen LogP contribution < -0.4 is 5.32 Å². The van der Waals surface area contributed by atoms with Crippen molar-refractivity contribution >= 4 is 23.1 Å². The lowest BCUT2D eigenvalue weighted by Gasteiger charge is -2.22. The maximum Gasteiger partial charge on any atom is 0.167 e. The Kier molecular flexibility index (Phi) is 6.80. The number of halogens is 1. The standard InChI is InChI=1S/C23H27ClN2O3/c24-21-15-26-19(13-22(27)23-5-2-8-29-23)12-20(21)17-3-1-4-18(11-17)25-14-16-6-9-28-10-7-16/h1,3-4,11-12,15-16,23,25H,2,5-10,13-14H2/t23-/m1/s1. The minimum atomic E-state index is -0.284. The maximum atomic E-state index is 12.4. The van der Waals surface area contributed by atoms with Gasteiger partial charge in [0, 0.05) is 49.5 Å². The van der Waals surface area contributed by atoms with Gasteiger partial charge in [-0.3, -0.25) is 9.78 Å². The molecule has 0 saturated carbocycles. The van der Waals surface area contributed by atoms with Crippen LogP contribution in [0.2, 0.25) is 5.02 Å². The fourth-order valence-electron chi connectivity index (χ4n) is 3.93. The highest BCUT2D eigenvalue weighted by Crippen LogP contribution is 2.30. The van der Waals surface area contributed by atoms with Crippen LogP contribution in [0.3, 0.4) is 0 Å². The summed E-state index contributed by atoms with van der Waals surface area (Å²) in [5.41, 5.74) is 3.70. The van der Waals surface area contributed by atoms with Gasteiger partial charge < -0.3 is 14.8 Å². The number of ketones is 1. The number of ether oxygens (including phenoxy) is 2. The normalized spacial score (nSPS) is 20.0. The summed E-state index contributed by atoms with van der Waals surface area (Å²) in [5.74, 6) is 0.738. The van der Waals surface area contributed by atoms with E-state index in [4.69, 9.17) is 21.1 Å². The molecule has 2 aromatic rings. The highest BCUT2D eigenvalue weighted by atomic mass is 35.5. The summed E-state index contributed by atoms with van der Waals surface area (Å²) >= 11 is 6.44. The van der Waals surface area contributed by atoms with Crippen molar-refractivity contribution in [2.45, 2.75) is 38.2 Å². The molecule has 29 heavy (non-hydrogen) atoms. The van der Waals surface area contributed by atoms with Crippen LogP contribution >= 0.6 is 11.6 Å². The SMILES string of the molecule is O=C(Cc1cc(-c2cccc(NCC3CCOCC3)c2)c(Cl)cn1)[C@H]1CCCO1. The number of carbonyl (C=O) groups excluding carboxylic acids is 1. The summed E-state index contributed by atoms with van der Waals surface area (Å²) in [6.07, 6.45) is 5.58. The number of Topliss-reactive ketones (excluding diaryl/α,β-unsaturated/α-hetero) is 1. The molecule has 2 aliphatic heterocycles. The zero-order valence-corrected chi connectivity index (χ0v) is 17.3. The minimum absolute atomic E-state index is 0.0927. The average molecular weight is 415 g/mol. The Bertz CT molecular complexity index is 846. The molecule has 0 spiro atoms. The van der Waals surface area contributed by atoms with Gasteiger partial charge >= 0.3 is 0 Å². The van der Waals surface area contributed by atoms with E-state index < -0.39 is 0 Å². The quantitative estimate of drug-likeness (QED) is 0.721. The fraction of sp³-hybridized carbons (Fsp3) is 0.478. The fourth-order valence-corrected chi connectivity index (χ4v) is 4.15. The number of hydrogen-bond donors (Lipinski definition) is 1. The third-order valence-electron chi connectivity index (χ3n) is 5.67. The van der Waals surface area contributed by atoms with Crippen LogP contribution in [0.25, 0.3) is 11.1 Å². The van der Waals surface area contributed by atoms with Crippen LogP contribution in [0.5, 0.6) is 0 Å². The van der Waals surface area contributed by atoms with E-state index in [-0.39, 0.29) is 18.3 Å². The number of carbonyl (C=O) groups is 1. The van der Waals surface area contributed by atoms with Gasteiger partial charge in [0.2, 0.25) is 0 Å². The number of pyridine rings is 1. The molecule has 1 N–H and O–H groups in total. The second-order valence-corrected chi connectivity index (χ2v) is 8.22. The van der Waals surface area contributed by atoms with Crippen molar-refractivity contribution in [3.05, 3.63) is 47.2 Å². The average Bonchev–Trinajstić information content (AvgIpc) is 3.30. The molecule has 5 nitrogen and oxygen atoms in total. The smallest absolute Gasteiger partial charge is 0.167 e. The molecule has 0 bridgehead atoms. The van der Waals surface area contributed by atoms with E-state index in [0.717, 1.165) is 68.0 Å². The molecule has 2 fully saturated rings. The number of benzene rings is 1. The Labute approximate surface area is 176 Å². The summed E-state index contributed by atoms with van der Waals surface area (Å²) in [7, 11) is 0. The van der Waals surface area contributed by atoms with E-state index in [9.17, 15) is 4.79 Å². The summed E-state index contributed by atoms with van der Waals surface area (Å²) < 4.78 is 10.9. The topological polar surface area (TPSA) is 60.5 Å². The first-order chi connectivity index (χ1) is 14.2. The van der Waals surface area contributed by atoms with Crippen molar-refractivity contribution < 1.29 is 14.3 Å². The second kappa shape index (κ2) is 9.70. The van der Waals surface area contributed by atoms with Crippen molar-refractivity contribution in [3.8, 4) is 11.1 Å². The van der Waals surface area contributed by atoms with Crippen LogP contribution in [-0.4, -0.2) is 43.2 Å². The maximum absolute atomic E-state index is 12.4. The van der Waals surface area contributed by atoms with Gasteiger partial charge in [-0.1, -0.05) is 23.7 Å². The van der Waals surface area contributed by atoms with Crippen molar-refractivity contribution in [1.29, 1.82) is 0 Å². The molecule has 154 valence electrons. The molecule has 4 rings (SSSR count). The molecule has 1 aromatic carbocycles. The van der Waals surface area contributed by atoms with Gasteiger partial charge in [0.1, 0.15) is 6.10 Å². The lowest BCUT2D eigenvalue weighted by Crippen LogP contribution is -2.22. The summed E-state index contributed by atoms with van der Waals surface area (Å²) in [4.78, 5) is 16.8. The molecule has 3 heterocycles. The number of nitrogens with one attached hydrogen (secondary N) is 1. The second-order valence-electron chi connectivity index (χ2n) is 7.82. The van der Waals surface area contributed by atoms with Crippen molar-refractivity contribution in [3.63, 3.8) is 0 Å². The van der Waals surface area contributed by atoms with E-state index in [1.165, 1.54) is 0 Å². The Hall–Kier alpha value is -1.95. The van der Waals surface area contributed by atoms with Crippen molar-refractivity contribution in [2.24, 2.45) is 5.92 Å². The van der Waals surface area contributed by atoms with Gasteiger partial charge in [0.05, 0.1) is 11.4 Å². The van der Waals surface area contributed by atoms with Gasteiger partial charge in [0.15, 0.2) is 5.78 Å². The molecule has 0 unspecified atom stereocenters. The predicted octanol–water partition coefficient (Wildman–Crippen LogP) is 4.53. The summed E-state index contributed by atoms with van der Waals surface area (Å²) in [6.45, 7) is 3.32. The number of nitrogens with zero attached hydrogens (tertiary/aromatic N) is 1. The first-order valence-electron chi connectivity index (χ1n) is 10.4. The van der Waals surface area contributed by atoms with Crippen LogP contribution in [0.1, 0.15) is 31.4 Å². The summed E-state index contributed by atoms with van der Waals surface area (Å²) in [5, 5.41) is 4.13. The highest BCUT2D eigenvalue weighted by molar-refractivity contribution is 6.33. The van der Waals surface area contributed by atoms with Crippen LogP contribution in [0.15, 0.2) is 36.5 Å². The third kappa shape index (κ3) is 5.35. The van der Waals surface area contributed by atoms with Gasteiger partial charge in [0.25, 0.3) is 0 Å². The number of rotatable bonds is 7. The zero-order valence-electron chi connectivity index (χ0n) is 16.5. The van der Waals surface area contributed by atoms with E-state index in [2.05, 4.69) is 22.4 Å². The van der Waals surface area contributed by atoms with Gasteiger partial charge in [-0.15, -0.1) is 0 Å². The first kappa shape index (κ1) is 20.3. The van der Waals surface area contributed by atoms with Crippen LogP contribution in [0, 0.1) is 5.92 Å². The number of anilines is 1. The van der Waals surface area contributed by atoms with Gasteiger partial charge in [-0.05, 0) is 55.4 Å². The molecule has 2 aliphatic rings. The van der Waals surface area contributed by atoms with E-state index in [1.807, 2.05) is 18.2 Å². The van der Waals surface area contributed by atoms with Crippen molar-refractivity contribution in [2.75, 3.05) is 31.7 Å². The molecule has 1 atom stereocenters. The van der Waals surface area contributed by atoms with Crippen LogP contribution in [0.4, 0.5) is 5.69 Å². The van der Waals surface area contributed by atoms with Gasteiger partial charge in [-0.2, -0.15) is 0 Å². The Morgan fingerprint density at radius 3 is 2.83 bits per heavy atom. The monoisotopic (exact) mass is 414 g/mol. The number of hydrogen-bond acceptors (Lipinski definition) is 5. The van der Waals surface area contributed by atoms with E-state index in [1.54, 1.807) is 6.20 Å². The molecule has 1 aromatic heterocycles. The molecule has 0 radical (unpaired) electrons. The van der Waals surface area contributed by atoms with Gasteiger partial charge in [-0.25, -0.2) is 0 Å². The first-order valence-corrected chi connectivity index (χ1v) is 10.8. The lowest BCUT2D eigenvalue weighted by molar-refractivity contribution is -0.127. The Balaban J connectivity index is 1.46. The number of aromatic nitrogens is 1. The van der Waals surface area contributed by atoms with E-state index in [0.29, 0.717) is 17.5 Å². The Morgan fingerprint density at radius 2 is 2.03 bits per heavy atom. The molecule has 0 aliphatic carbocycles. The van der Waals surface area contributed by atoms with Crippen LogP contribution in [-0.2, 0) is 20.7 Å². The molecule has 0 amide bonds. The molecular weight excluding hydrogens is 388 g/mol.